The summed E-state index contributed by atoms with van der Waals surface area (Å²) >= 11 is 0. The number of aromatic nitrogens is 2. The number of hydrogen-bond donors (Lipinski definition) is 0. The summed E-state index contributed by atoms with van der Waals surface area (Å²) in [5, 5.41) is 8.90. The van der Waals surface area contributed by atoms with Gasteiger partial charge in [0.2, 0.25) is 0 Å². The summed E-state index contributed by atoms with van der Waals surface area (Å²) in [5.74, 6) is 0.206. The van der Waals surface area contributed by atoms with E-state index in [0.717, 1.165) is 23.0 Å². The molecule has 0 saturated heterocycles. The predicted molar refractivity (Wildman–Crippen MR) is 99.3 cm³/mol. The van der Waals surface area contributed by atoms with Crippen molar-refractivity contribution >= 4 is 11.0 Å². The second kappa shape index (κ2) is 15.2. The van der Waals surface area contributed by atoms with E-state index >= 15 is 0 Å². The molecule has 0 saturated carbocycles. The van der Waals surface area contributed by atoms with Crippen molar-refractivity contribution in [3.63, 3.8) is 0 Å². The molecule has 1 atom stereocenters. The molecule has 1 unspecified atom stereocenters. The van der Waals surface area contributed by atoms with Crippen molar-refractivity contribution < 1.29 is 53.8 Å². The Morgan fingerprint density at radius 1 is 1.04 bits per heavy atom. The fraction of sp³-hybridized carbons (Fsp3) is 0.238. The zero-order valence-electron chi connectivity index (χ0n) is 15.4. The average molecular weight is 601 g/mol. The third-order valence-electron chi connectivity index (χ3n) is 3.59. The third kappa shape index (κ3) is 7.36. The normalized spacial score (nSPS) is 9.88. The maximum atomic E-state index is 8.90. The first-order valence-electron chi connectivity index (χ1n) is 7.93. The van der Waals surface area contributed by atoms with Gasteiger partial charge in [-0.25, -0.2) is 0 Å². The van der Waals surface area contributed by atoms with Crippen molar-refractivity contribution in [1.29, 1.82) is 5.26 Å². The number of nitriles is 1. The summed E-state index contributed by atoms with van der Waals surface area (Å²) in [6, 6.07) is 18.6. The Morgan fingerprint density at radius 3 is 2.38 bits per heavy atom. The van der Waals surface area contributed by atoms with Crippen molar-refractivity contribution in [2.45, 2.75) is 32.6 Å². The van der Waals surface area contributed by atoms with Gasteiger partial charge in [0.05, 0.1) is 6.07 Å². The van der Waals surface area contributed by atoms with Gasteiger partial charge < -0.3 is 12.4 Å². The molecule has 1 radical (unpaired) electrons. The molecule has 3 rings (SSSR count). The van der Waals surface area contributed by atoms with Crippen LogP contribution in [0.1, 0.15) is 43.7 Å². The zero-order chi connectivity index (χ0) is 16.5. The maximum absolute atomic E-state index is 8.90. The molecule has 0 amide bonds. The van der Waals surface area contributed by atoms with Crippen molar-refractivity contribution in [3.8, 4) is 6.07 Å². The Morgan fingerprint density at radius 2 is 1.73 bits per heavy atom. The van der Waals surface area contributed by atoms with Crippen molar-refractivity contribution in [2.75, 3.05) is 0 Å². The minimum atomic E-state index is 0. The van der Waals surface area contributed by atoms with Gasteiger partial charge in [-0.2, -0.15) is 5.26 Å². The largest absolute Gasteiger partial charge is 0.448 e. The van der Waals surface area contributed by atoms with Crippen LogP contribution < -0.4 is 0 Å². The Balaban J connectivity index is 0. The van der Waals surface area contributed by atoms with Gasteiger partial charge in [0.1, 0.15) is 0 Å². The Kier molecular flexibility index (Phi) is 15.9. The summed E-state index contributed by atoms with van der Waals surface area (Å²) in [7, 11) is 0. The fourth-order valence-electron chi connectivity index (χ4n) is 2.57. The minimum Gasteiger partial charge on any atom is -0.448 e. The quantitative estimate of drug-likeness (QED) is 0.380. The number of benzene rings is 2. The number of hydrogen-bond acceptors (Lipinski definition) is 3. The van der Waals surface area contributed by atoms with Crippen molar-refractivity contribution in [3.05, 3.63) is 79.5 Å². The maximum Gasteiger partial charge on any atom is 0.0622 e. The zero-order valence-corrected chi connectivity index (χ0v) is 20.5. The molecule has 0 bridgehead atoms. The monoisotopic (exact) mass is 601 g/mol. The van der Waals surface area contributed by atoms with Crippen molar-refractivity contribution in [2.24, 2.45) is 0 Å². The first-order chi connectivity index (χ1) is 11.4. The Bertz CT molecular complexity index is 788. The van der Waals surface area contributed by atoms with E-state index in [0.29, 0.717) is 6.42 Å². The van der Waals surface area contributed by atoms with E-state index in [1.807, 2.05) is 44.2 Å². The van der Waals surface area contributed by atoms with Crippen LogP contribution >= 0.6 is 0 Å². The van der Waals surface area contributed by atoms with Crippen LogP contribution in [0.3, 0.4) is 0 Å². The standard InChI is InChI=1S/C18H14N3.C2H6.CH3.Pt.Y/c19-10-4-7-16(14-5-2-1-3-6-14)15-8-9-17-18(13-15)21-12-11-20-17;1-2;;;/h1-3,5-6,8-9,11,13,16H,4,7H2;1-2H3;1H3;;/q-1;;-1;;. The number of fused-ring (bicyclic) bond motifs is 1. The molecule has 5 heteroatoms. The first-order valence-corrected chi connectivity index (χ1v) is 7.93. The van der Waals surface area contributed by atoms with E-state index < -0.39 is 0 Å². The summed E-state index contributed by atoms with van der Waals surface area (Å²) in [6.07, 6.45) is 5.68. The fourth-order valence-corrected chi connectivity index (χ4v) is 2.57. The van der Waals surface area contributed by atoms with Gasteiger partial charge in [0, 0.05) is 71.6 Å². The van der Waals surface area contributed by atoms with Crippen LogP contribution in [0.25, 0.3) is 11.0 Å². The third-order valence-corrected chi connectivity index (χ3v) is 3.59. The van der Waals surface area contributed by atoms with Gasteiger partial charge in [0.25, 0.3) is 0 Å². The van der Waals surface area contributed by atoms with Crippen LogP contribution in [-0.4, -0.2) is 9.97 Å². The molecular weight excluding hydrogens is 578 g/mol. The van der Waals surface area contributed by atoms with E-state index in [9.17, 15) is 0 Å². The average Bonchev–Trinajstić information content (AvgIpc) is 2.64. The molecule has 3 aromatic rings. The van der Waals surface area contributed by atoms with E-state index in [1.54, 1.807) is 6.20 Å². The molecule has 0 aliphatic rings. The molecule has 26 heavy (non-hydrogen) atoms. The Labute approximate surface area is 196 Å². The molecule has 137 valence electrons. The van der Waals surface area contributed by atoms with Crippen LogP contribution in [0, 0.1) is 25.0 Å². The minimum absolute atomic E-state index is 0. The molecule has 0 aliphatic carbocycles. The molecule has 3 nitrogen and oxygen atoms in total. The van der Waals surface area contributed by atoms with Gasteiger partial charge in [-0.15, -0.1) is 12.3 Å². The molecule has 0 spiro atoms. The first kappa shape index (κ1) is 27.3. The van der Waals surface area contributed by atoms with Gasteiger partial charge in [-0.05, 0) is 18.2 Å². The SMILES string of the molecule is CC.N#CCCC(c1ccccc1)c1ccc2nc[c-]nc2c1.[CH3-].[Pt].[Y]. The molecule has 1 aromatic heterocycles. The second-order valence-electron chi connectivity index (χ2n) is 4.91. The summed E-state index contributed by atoms with van der Waals surface area (Å²) in [4.78, 5) is 8.49. The molecular formula is C21H23N3PtY-2. The Hall–Kier alpha value is -0.938. The van der Waals surface area contributed by atoms with Gasteiger partial charge in [-0.3, -0.25) is 4.98 Å². The van der Waals surface area contributed by atoms with E-state index in [-0.39, 0.29) is 67.1 Å². The molecule has 0 fully saturated rings. The van der Waals surface area contributed by atoms with Gasteiger partial charge >= 0.3 is 0 Å². The summed E-state index contributed by atoms with van der Waals surface area (Å²) in [5.41, 5.74) is 4.09. The summed E-state index contributed by atoms with van der Waals surface area (Å²) < 4.78 is 0. The van der Waals surface area contributed by atoms with Crippen LogP contribution in [0.4, 0.5) is 0 Å². The molecule has 1 heterocycles. The van der Waals surface area contributed by atoms with Crippen molar-refractivity contribution in [1.82, 2.24) is 9.97 Å². The van der Waals surface area contributed by atoms with Crippen LogP contribution in [0.2, 0.25) is 0 Å². The van der Waals surface area contributed by atoms with Gasteiger partial charge in [-0.1, -0.05) is 67.4 Å². The van der Waals surface area contributed by atoms with Gasteiger partial charge in [0.15, 0.2) is 0 Å². The van der Waals surface area contributed by atoms with Crippen LogP contribution in [0.5, 0.6) is 0 Å². The van der Waals surface area contributed by atoms with E-state index in [1.165, 1.54) is 5.56 Å². The molecule has 0 N–H and O–H groups in total. The molecule has 2 aromatic carbocycles. The second-order valence-corrected chi connectivity index (χ2v) is 4.91. The summed E-state index contributed by atoms with van der Waals surface area (Å²) in [6.45, 7) is 4.00. The van der Waals surface area contributed by atoms with Crippen LogP contribution in [0.15, 0.2) is 54.7 Å². The smallest absolute Gasteiger partial charge is 0.0622 e. The number of rotatable bonds is 4. The van der Waals surface area contributed by atoms with E-state index in [2.05, 4.69) is 40.4 Å². The predicted octanol–water partition coefficient (Wildman–Crippen LogP) is 5.34. The topological polar surface area (TPSA) is 49.6 Å². The number of nitrogens with zero attached hydrogens (tertiary/aromatic N) is 3. The van der Waals surface area contributed by atoms with E-state index in [4.69, 9.17) is 5.26 Å². The molecule has 0 aliphatic heterocycles. The van der Waals surface area contributed by atoms with Crippen LogP contribution in [-0.2, 0) is 53.8 Å².